The summed E-state index contributed by atoms with van der Waals surface area (Å²) < 4.78 is 5.41. The van der Waals surface area contributed by atoms with Gasteiger partial charge in [-0.3, -0.25) is 28.8 Å². The van der Waals surface area contributed by atoms with Gasteiger partial charge >= 0.3 is 0 Å². The Balaban J connectivity index is 1.63. The minimum absolute atomic E-state index is 0.0211. The van der Waals surface area contributed by atoms with Gasteiger partial charge < -0.3 is 41.7 Å². The number of ketones is 1. The van der Waals surface area contributed by atoms with Crippen LogP contribution in [0.25, 0.3) is 10.4 Å². The van der Waals surface area contributed by atoms with Gasteiger partial charge in [0.2, 0.25) is 29.5 Å². The van der Waals surface area contributed by atoms with Gasteiger partial charge in [0.25, 0.3) is 0 Å². The Morgan fingerprint density at radius 2 is 1.68 bits per heavy atom. The first-order valence-electron chi connectivity index (χ1n) is 16.7. The van der Waals surface area contributed by atoms with Crippen LogP contribution < -0.4 is 27.0 Å². The van der Waals surface area contributed by atoms with E-state index >= 15 is 0 Å². The van der Waals surface area contributed by atoms with E-state index in [1.807, 2.05) is 42.6 Å². The number of nitrogens with zero attached hydrogens (tertiary/aromatic N) is 1. The molecule has 0 spiro atoms. The van der Waals surface area contributed by atoms with Crippen LogP contribution in [-0.2, 0) is 33.5 Å². The number of aliphatic hydroxyl groups is 1. The predicted octanol–water partition coefficient (Wildman–Crippen LogP) is 0.560. The zero-order chi connectivity index (χ0) is 36.6. The molecule has 14 nitrogen and oxygen atoms in total. The molecule has 50 heavy (non-hydrogen) atoms. The van der Waals surface area contributed by atoms with Crippen LogP contribution in [0.3, 0.4) is 0 Å². The molecule has 3 heterocycles. The van der Waals surface area contributed by atoms with Crippen molar-refractivity contribution in [2.24, 2.45) is 17.1 Å². The van der Waals surface area contributed by atoms with E-state index in [2.05, 4.69) is 21.3 Å². The van der Waals surface area contributed by atoms with Crippen LogP contribution in [0.15, 0.2) is 35.7 Å². The van der Waals surface area contributed by atoms with Gasteiger partial charge in [-0.1, -0.05) is 45.0 Å². The van der Waals surface area contributed by atoms with E-state index in [1.54, 1.807) is 32.1 Å². The number of ether oxygens (including phenoxy) is 1. The highest BCUT2D eigenvalue weighted by Crippen LogP contribution is 2.31. The summed E-state index contributed by atoms with van der Waals surface area (Å²) in [5, 5.41) is 23.5. The van der Waals surface area contributed by atoms with Crippen molar-refractivity contribution in [1.82, 2.24) is 26.2 Å². The second-order valence-corrected chi connectivity index (χ2v) is 14.8. The molecule has 2 aliphatic heterocycles. The lowest BCUT2D eigenvalue weighted by atomic mass is 9.85. The number of carbonyl (C=O) groups excluding carboxylic acids is 6. The van der Waals surface area contributed by atoms with Crippen molar-refractivity contribution in [3.05, 3.63) is 46.8 Å². The van der Waals surface area contributed by atoms with Crippen LogP contribution in [0, 0.1) is 18.3 Å². The number of rotatable bonds is 3. The second-order valence-electron chi connectivity index (χ2n) is 13.9. The molecule has 4 rings (SSSR count). The smallest absolute Gasteiger partial charge is 0.246 e. The molecule has 0 saturated carbocycles. The zero-order valence-corrected chi connectivity index (χ0v) is 29.8. The normalized spacial score (nSPS) is 25.8. The summed E-state index contributed by atoms with van der Waals surface area (Å²) >= 11 is 1.60. The monoisotopic (exact) mass is 712 g/mol. The highest BCUT2D eigenvalue weighted by molar-refractivity contribution is 7.13. The fourth-order valence-corrected chi connectivity index (χ4v) is 6.95. The quantitative estimate of drug-likeness (QED) is 0.262. The highest BCUT2D eigenvalue weighted by atomic mass is 32.1. The molecule has 5 amide bonds. The maximum Gasteiger partial charge on any atom is 0.246 e. The molecule has 0 bridgehead atoms. The Morgan fingerprint density at radius 3 is 2.32 bits per heavy atom. The highest BCUT2D eigenvalue weighted by Gasteiger charge is 2.45. The first kappa shape index (κ1) is 38.6. The van der Waals surface area contributed by atoms with Gasteiger partial charge in [-0.15, -0.1) is 11.3 Å². The van der Waals surface area contributed by atoms with Crippen molar-refractivity contribution in [2.75, 3.05) is 39.4 Å². The number of aryl methyl sites for hydroxylation is 1. The molecule has 2 aliphatic rings. The molecule has 1 aromatic carbocycles. The largest absolute Gasteiger partial charge is 0.391 e. The molecule has 15 heteroatoms. The summed E-state index contributed by atoms with van der Waals surface area (Å²) in [6, 6.07) is 6.44. The number of aliphatic hydroxyl groups excluding tert-OH is 1. The molecule has 2 saturated heterocycles. The SMILES string of the molecule is Cc1ccsc1-c1ccc([C@H]2CC(=O)NCC(=O)C[C@H](CN)C(=O)NCCOCC(=O)N[C@@H](C(C)(C)C)C(=O)N3C[C@H](O)C[C@H]3C(=O)N2)cc1. The van der Waals surface area contributed by atoms with Crippen LogP contribution >= 0.6 is 11.3 Å². The van der Waals surface area contributed by atoms with Crippen molar-refractivity contribution in [3.63, 3.8) is 0 Å². The number of amides is 5. The molecule has 7 N–H and O–H groups in total. The third kappa shape index (κ3) is 10.2. The van der Waals surface area contributed by atoms with E-state index in [0.29, 0.717) is 5.56 Å². The summed E-state index contributed by atoms with van der Waals surface area (Å²) in [5.41, 5.74) is 7.68. The molecule has 1 aromatic heterocycles. The number of fused-ring (bicyclic) bond motifs is 1. The second kappa shape index (κ2) is 17.2. The van der Waals surface area contributed by atoms with Gasteiger partial charge in [0.1, 0.15) is 18.7 Å². The van der Waals surface area contributed by atoms with Crippen LogP contribution in [0.1, 0.15) is 57.2 Å². The standard InChI is InChI=1S/C35H48N6O8S/c1-20-9-12-50-30(20)22-7-5-21(6-8-22)26-15-28(44)38-17-24(42)13-23(16-36)32(46)37-10-11-49-19-29(45)40-31(35(2,3)4)34(48)41-18-25(43)14-27(41)33(47)39-26/h5-9,12,23,25-27,31,43H,10-11,13-19,36H2,1-4H3,(H,37,46)(H,38,44)(H,39,47)(H,40,45)/t23-,25-,26-,27+,31-/m1/s1. The van der Waals surface area contributed by atoms with Gasteiger partial charge in [0, 0.05) is 37.4 Å². The molecular weight excluding hydrogens is 664 g/mol. The zero-order valence-electron chi connectivity index (χ0n) is 29.0. The average Bonchev–Trinajstić information content (AvgIpc) is 3.68. The van der Waals surface area contributed by atoms with E-state index in [9.17, 15) is 33.9 Å². The predicted molar refractivity (Wildman–Crippen MR) is 187 cm³/mol. The van der Waals surface area contributed by atoms with E-state index in [0.717, 1.165) is 16.0 Å². The van der Waals surface area contributed by atoms with E-state index in [-0.39, 0.29) is 52.0 Å². The Kier molecular flexibility index (Phi) is 13.3. The lowest BCUT2D eigenvalue weighted by Crippen LogP contribution is -2.58. The first-order chi connectivity index (χ1) is 23.7. The Hall–Kier alpha value is -4.18. The minimum atomic E-state index is -1.08. The number of benzene rings is 1. The Bertz CT molecular complexity index is 1550. The van der Waals surface area contributed by atoms with Gasteiger partial charge in [0.15, 0.2) is 5.78 Å². The maximum absolute atomic E-state index is 14.0. The Labute approximate surface area is 295 Å². The van der Waals surface area contributed by atoms with Crippen LogP contribution in [0.2, 0.25) is 0 Å². The molecule has 0 radical (unpaired) electrons. The number of nitrogens with two attached hydrogens (primary N) is 1. The average molecular weight is 713 g/mol. The number of Topliss-reactive ketones (excluding diaryl/α,β-unsaturated/α-hetero) is 1. The van der Waals surface area contributed by atoms with E-state index < -0.39 is 77.5 Å². The lowest BCUT2D eigenvalue weighted by molar-refractivity contribution is -0.144. The van der Waals surface area contributed by atoms with Crippen LogP contribution in [0.4, 0.5) is 0 Å². The van der Waals surface area contributed by atoms with Crippen molar-refractivity contribution in [1.29, 1.82) is 0 Å². The fourth-order valence-electron chi connectivity index (χ4n) is 6.02. The molecule has 272 valence electrons. The third-order valence-corrected chi connectivity index (χ3v) is 9.88. The molecule has 2 aromatic rings. The number of thiophene rings is 1. The molecular formula is C35H48N6O8S. The van der Waals surface area contributed by atoms with Gasteiger partial charge in [-0.05, 0) is 40.5 Å². The summed E-state index contributed by atoms with van der Waals surface area (Å²) in [6.07, 6.45) is -1.46. The van der Waals surface area contributed by atoms with Crippen molar-refractivity contribution in [2.45, 2.75) is 71.2 Å². The van der Waals surface area contributed by atoms with E-state index in [1.165, 1.54) is 4.90 Å². The van der Waals surface area contributed by atoms with Crippen molar-refractivity contribution >= 4 is 46.7 Å². The van der Waals surface area contributed by atoms with Gasteiger partial charge in [-0.25, -0.2) is 0 Å². The third-order valence-electron chi connectivity index (χ3n) is 8.82. The number of hydrogen-bond acceptors (Lipinski definition) is 10. The topological polar surface area (TPSA) is 209 Å². The lowest BCUT2D eigenvalue weighted by Gasteiger charge is -2.35. The molecule has 2 fully saturated rings. The number of carbonyl (C=O) groups is 6. The molecule has 0 aliphatic carbocycles. The van der Waals surface area contributed by atoms with Crippen molar-refractivity contribution < 1.29 is 38.6 Å². The number of hydrogen-bond donors (Lipinski definition) is 6. The summed E-state index contributed by atoms with van der Waals surface area (Å²) in [4.78, 5) is 81.8. The van der Waals surface area contributed by atoms with Crippen molar-refractivity contribution in [3.8, 4) is 10.4 Å². The molecule has 5 atom stereocenters. The summed E-state index contributed by atoms with van der Waals surface area (Å²) in [6.45, 7) is 6.39. The fraction of sp³-hybridized carbons (Fsp3) is 0.543. The van der Waals surface area contributed by atoms with Crippen LogP contribution in [-0.4, -0.2) is 103 Å². The first-order valence-corrected chi connectivity index (χ1v) is 17.6. The van der Waals surface area contributed by atoms with E-state index in [4.69, 9.17) is 10.5 Å². The van der Waals surface area contributed by atoms with Crippen LogP contribution in [0.5, 0.6) is 0 Å². The summed E-state index contributed by atoms with van der Waals surface area (Å²) in [7, 11) is 0. The van der Waals surface area contributed by atoms with Gasteiger partial charge in [0.05, 0.1) is 37.6 Å². The molecule has 0 unspecified atom stereocenters. The number of nitrogens with one attached hydrogen (secondary N) is 4. The minimum Gasteiger partial charge on any atom is -0.391 e. The summed E-state index contributed by atoms with van der Waals surface area (Å²) in [5.74, 6) is -3.93. The maximum atomic E-state index is 14.0. The Morgan fingerprint density at radius 1 is 0.960 bits per heavy atom. The van der Waals surface area contributed by atoms with Gasteiger partial charge in [-0.2, -0.15) is 0 Å².